The van der Waals surface area contributed by atoms with Gasteiger partial charge in [0.15, 0.2) is 0 Å². The van der Waals surface area contributed by atoms with Gasteiger partial charge in [0.1, 0.15) is 0 Å². The average Bonchev–Trinajstić information content (AvgIpc) is 3.98. The van der Waals surface area contributed by atoms with E-state index in [0.29, 0.717) is 96.0 Å². The van der Waals surface area contributed by atoms with E-state index in [1.165, 1.54) is 27.5 Å². The number of aromatic nitrogens is 2. The average molecular weight is 792 g/mol. The molecule has 308 valence electrons. The van der Waals surface area contributed by atoms with Crippen molar-refractivity contribution in [3.05, 3.63) is 78.4 Å². The fourth-order valence-electron chi connectivity index (χ4n) is 9.78. The predicted octanol–water partition coefficient (Wildman–Crippen LogP) is 3.07. The smallest absolute Gasteiger partial charge is 0.263 e. The Hall–Kier alpha value is -4.24. The molecule has 1 N–H and O–H groups in total. The van der Waals surface area contributed by atoms with Crippen LogP contribution in [0.5, 0.6) is 5.88 Å². The summed E-state index contributed by atoms with van der Waals surface area (Å²) in [6.07, 6.45) is 6.06. The monoisotopic (exact) mass is 791 g/mol. The molecule has 4 fully saturated rings. The van der Waals surface area contributed by atoms with Crippen molar-refractivity contribution < 1.29 is 14.6 Å². The number of rotatable bonds is 14. The van der Waals surface area contributed by atoms with Crippen LogP contribution < -0.4 is 22.0 Å². The first kappa shape index (κ1) is 39.2. The van der Waals surface area contributed by atoms with Crippen LogP contribution in [0, 0.1) is 0 Å². The molecule has 0 saturated carbocycles. The number of ether oxygens (including phenoxy) is 2. The number of hydrogen-bond donors (Lipinski definition) is 1. The zero-order valence-electron chi connectivity index (χ0n) is 33.8. The lowest BCUT2D eigenvalue weighted by Gasteiger charge is -2.27. The minimum Gasteiger partial charge on any atom is -0.494 e. The Labute approximate surface area is 338 Å². The van der Waals surface area contributed by atoms with Crippen LogP contribution in [-0.2, 0) is 29.1 Å². The highest BCUT2D eigenvalue weighted by molar-refractivity contribution is 6.19. The molecule has 9 rings (SSSR count). The van der Waals surface area contributed by atoms with Crippen LogP contribution in [0.25, 0.3) is 43.8 Å². The Balaban J connectivity index is 1.21. The zero-order chi connectivity index (χ0) is 39.6. The van der Waals surface area contributed by atoms with Crippen molar-refractivity contribution in [2.75, 3.05) is 105 Å². The molecular weight excluding hydrogens is 735 g/mol. The van der Waals surface area contributed by atoms with Crippen molar-refractivity contribution >= 4 is 21.5 Å². The van der Waals surface area contributed by atoms with E-state index in [9.17, 15) is 19.5 Å². The summed E-state index contributed by atoms with van der Waals surface area (Å²) in [7, 11) is 0. The van der Waals surface area contributed by atoms with Crippen molar-refractivity contribution in [1.29, 1.82) is 0 Å². The molecule has 0 radical (unpaired) electrons. The summed E-state index contributed by atoms with van der Waals surface area (Å²) < 4.78 is 13.9. The SMILES string of the molecule is O=c1c2c(=NCCN3CCCC3)cc3c(=O)n(CCCN4CCOCC4)c(=O)c4c(-c5ccc(CN6CCCC6)cc5)cc(c(O)n1CCCN1CCOCC1)c2c4-3. The second-order valence-electron chi connectivity index (χ2n) is 16.7. The Morgan fingerprint density at radius 1 is 0.569 bits per heavy atom. The maximum absolute atomic E-state index is 14.9. The van der Waals surface area contributed by atoms with E-state index in [-0.39, 0.29) is 29.1 Å². The van der Waals surface area contributed by atoms with E-state index in [2.05, 4.69) is 43.9 Å². The van der Waals surface area contributed by atoms with Gasteiger partial charge < -0.3 is 19.5 Å². The molecule has 13 nitrogen and oxygen atoms in total. The van der Waals surface area contributed by atoms with E-state index in [1.807, 2.05) is 6.07 Å². The summed E-state index contributed by atoms with van der Waals surface area (Å²) in [6.45, 7) is 14.5. The van der Waals surface area contributed by atoms with Crippen LogP contribution in [0.3, 0.4) is 0 Å². The van der Waals surface area contributed by atoms with E-state index in [4.69, 9.17) is 14.5 Å². The maximum atomic E-state index is 14.9. The Morgan fingerprint density at radius 3 is 1.78 bits per heavy atom. The van der Waals surface area contributed by atoms with Crippen LogP contribution in [0.4, 0.5) is 0 Å². The Kier molecular flexibility index (Phi) is 11.9. The molecule has 13 heteroatoms. The number of likely N-dealkylation sites (tertiary alicyclic amines) is 2. The molecule has 2 aromatic carbocycles. The van der Waals surface area contributed by atoms with Gasteiger partial charge in [0, 0.05) is 81.8 Å². The summed E-state index contributed by atoms with van der Waals surface area (Å²) in [5.41, 5.74) is 2.36. The van der Waals surface area contributed by atoms with Gasteiger partial charge in [-0.15, -0.1) is 0 Å². The zero-order valence-corrected chi connectivity index (χ0v) is 33.8. The van der Waals surface area contributed by atoms with E-state index in [1.54, 1.807) is 6.07 Å². The maximum Gasteiger partial charge on any atom is 0.263 e. The first-order chi connectivity index (χ1) is 28.4. The summed E-state index contributed by atoms with van der Waals surface area (Å²) >= 11 is 0. The molecule has 0 spiro atoms. The molecular formula is C45H57N7O6. The van der Waals surface area contributed by atoms with Gasteiger partial charge in [0.25, 0.3) is 16.7 Å². The largest absolute Gasteiger partial charge is 0.494 e. The highest BCUT2D eigenvalue weighted by atomic mass is 16.5. The standard InChI is InChI=1S/C45H57N7O6/c53-42-35-29-34(33-9-7-32(8-10-33)31-50-14-3-4-15-50)40-38-36(43(54)51(44(40)55)18-5-16-48-21-25-57-26-22-48)30-37(46-11-20-47-12-1-2-13-47)41(39(35)38)45(56)52(42)19-6-17-49-23-27-58-28-24-49/h7-10,29-30,53H,1-6,11-28,31H2. The molecule has 1 aliphatic carbocycles. The van der Waals surface area contributed by atoms with Crippen molar-refractivity contribution in [3.8, 4) is 28.1 Å². The molecule has 6 aliphatic rings. The molecule has 0 atom stereocenters. The minimum absolute atomic E-state index is 0.147. The third kappa shape index (κ3) is 7.92. The van der Waals surface area contributed by atoms with Crippen molar-refractivity contribution in [2.45, 2.75) is 58.2 Å². The van der Waals surface area contributed by atoms with Crippen LogP contribution in [-0.4, -0.2) is 139 Å². The van der Waals surface area contributed by atoms with Crippen LogP contribution in [0.1, 0.15) is 44.1 Å². The molecule has 4 saturated heterocycles. The lowest BCUT2D eigenvalue weighted by atomic mass is 9.86. The highest BCUT2D eigenvalue weighted by Gasteiger charge is 2.30. The molecule has 0 amide bonds. The lowest BCUT2D eigenvalue weighted by Crippen LogP contribution is -2.40. The van der Waals surface area contributed by atoms with Gasteiger partial charge in [-0.2, -0.15) is 0 Å². The second kappa shape index (κ2) is 17.5. The first-order valence-corrected chi connectivity index (χ1v) is 21.7. The molecule has 3 aromatic rings. The number of hydrogen-bond acceptors (Lipinski definition) is 11. The van der Waals surface area contributed by atoms with Crippen LogP contribution in [0.2, 0.25) is 0 Å². The summed E-state index contributed by atoms with van der Waals surface area (Å²) in [5.74, 6) is -0.147. The Morgan fingerprint density at radius 2 is 1.14 bits per heavy atom. The molecule has 0 unspecified atom stereocenters. The summed E-state index contributed by atoms with van der Waals surface area (Å²) in [4.78, 5) is 58.9. The van der Waals surface area contributed by atoms with Crippen molar-refractivity contribution in [1.82, 2.24) is 28.7 Å². The lowest BCUT2D eigenvalue weighted by molar-refractivity contribution is 0.0368. The number of pyridine rings is 2. The minimum atomic E-state index is -0.383. The van der Waals surface area contributed by atoms with Gasteiger partial charge in [-0.1, -0.05) is 24.3 Å². The van der Waals surface area contributed by atoms with E-state index in [0.717, 1.165) is 96.9 Å². The van der Waals surface area contributed by atoms with Crippen LogP contribution >= 0.6 is 0 Å². The topological polar surface area (TPSA) is 125 Å². The van der Waals surface area contributed by atoms with Crippen LogP contribution in [0.15, 0.2) is 55.8 Å². The third-order valence-corrected chi connectivity index (χ3v) is 13.0. The first-order valence-electron chi connectivity index (χ1n) is 21.7. The van der Waals surface area contributed by atoms with Crippen molar-refractivity contribution in [3.63, 3.8) is 0 Å². The number of morpholine rings is 2. The predicted molar refractivity (Wildman–Crippen MR) is 227 cm³/mol. The second-order valence-corrected chi connectivity index (χ2v) is 16.7. The molecule has 58 heavy (non-hydrogen) atoms. The van der Waals surface area contributed by atoms with Gasteiger partial charge >= 0.3 is 0 Å². The van der Waals surface area contributed by atoms with Gasteiger partial charge in [-0.3, -0.25) is 43.2 Å². The van der Waals surface area contributed by atoms with E-state index >= 15 is 0 Å². The van der Waals surface area contributed by atoms with E-state index < -0.39 is 0 Å². The number of benzene rings is 3. The quantitative estimate of drug-likeness (QED) is 0.168. The molecule has 5 aliphatic heterocycles. The normalized spacial score (nSPS) is 19.6. The fraction of sp³-hybridized carbons (Fsp3) is 0.556. The third-order valence-electron chi connectivity index (χ3n) is 13.0. The summed E-state index contributed by atoms with van der Waals surface area (Å²) in [5, 5.41) is 14.3. The molecule has 1 aromatic heterocycles. The molecule has 0 bridgehead atoms. The van der Waals surface area contributed by atoms with Gasteiger partial charge in [0.05, 0.1) is 54.7 Å². The van der Waals surface area contributed by atoms with Gasteiger partial charge in [-0.25, -0.2) is 0 Å². The van der Waals surface area contributed by atoms with Gasteiger partial charge in [-0.05, 0) is 93.5 Å². The fourth-order valence-corrected chi connectivity index (χ4v) is 9.78. The van der Waals surface area contributed by atoms with Crippen molar-refractivity contribution in [2.24, 2.45) is 4.99 Å². The number of nitrogens with zero attached hydrogens (tertiary/aromatic N) is 7. The number of aromatic hydroxyl groups is 1. The highest BCUT2D eigenvalue weighted by Crippen LogP contribution is 2.42. The Bertz CT molecular complexity index is 2410. The molecule has 6 heterocycles. The summed E-state index contributed by atoms with van der Waals surface area (Å²) in [6, 6.07) is 12.0. The van der Waals surface area contributed by atoms with Gasteiger partial charge in [0.2, 0.25) is 5.88 Å².